The highest BCUT2D eigenvalue weighted by atomic mass is 35.5. The molecule has 146 valence electrons. The van der Waals surface area contributed by atoms with Crippen LogP contribution in [-0.2, 0) is 21.5 Å². The number of carbonyl (C=O) groups is 2. The van der Waals surface area contributed by atoms with E-state index in [1.54, 1.807) is 24.5 Å². The zero-order chi connectivity index (χ0) is 20.2. The van der Waals surface area contributed by atoms with Gasteiger partial charge in [-0.05, 0) is 35.4 Å². The summed E-state index contributed by atoms with van der Waals surface area (Å²) in [6, 6.07) is 13.9. The maximum Gasteiger partial charge on any atom is 0.321 e. The van der Waals surface area contributed by atoms with E-state index in [9.17, 15) is 14.7 Å². The van der Waals surface area contributed by atoms with Crippen LogP contribution in [0.2, 0.25) is 0 Å². The normalized spacial score (nSPS) is 21.3. The number of furan rings is 1. The van der Waals surface area contributed by atoms with Gasteiger partial charge in [0.15, 0.2) is 5.78 Å². The number of aromatic amines is 1. The molecule has 0 bridgehead atoms. The van der Waals surface area contributed by atoms with Gasteiger partial charge in [0.25, 0.3) is 0 Å². The number of hydrogen-bond acceptors (Lipinski definition) is 4. The fourth-order valence-electron chi connectivity index (χ4n) is 4.38. The van der Waals surface area contributed by atoms with E-state index in [2.05, 4.69) is 10.3 Å². The average molecular weight is 409 g/mol. The molecule has 29 heavy (non-hydrogen) atoms. The summed E-state index contributed by atoms with van der Waals surface area (Å²) in [6.45, 7) is 0. The van der Waals surface area contributed by atoms with Gasteiger partial charge < -0.3 is 14.5 Å². The van der Waals surface area contributed by atoms with E-state index in [1.165, 1.54) is 0 Å². The Morgan fingerprint density at radius 1 is 1.21 bits per heavy atom. The molecule has 3 N–H and O–H groups in total. The Hall–Kier alpha value is -3.09. The molecule has 7 heteroatoms. The molecule has 2 aromatic heterocycles. The number of aromatic nitrogens is 1. The minimum atomic E-state index is -1.40. The van der Waals surface area contributed by atoms with Crippen LogP contribution in [0, 0.1) is 0 Å². The van der Waals surface area contributed by atoms with Crippen molar-refractivity contribution in [1.29, 1.82) is 0 Å². The highest BCUT2D eigenvalue weighted by Crippen LogP contribution is 2.41. The van der Waals surface area contributed by atoms with E-state index < -0.39 is 17.6 Å². The van der Waals surface area contributed by atoms with Crippen LogP contribution in [0.25, 0.3) is 21.9 Å². The van der Waals surface area contributed by atoms with Crippen LogP contribution in [0.15, 0.2) is 59.2 Å². The SMILES string of the molecule is O=C(O)C1Cc2c([nH]c3ccccc23)C(C(=O)CCl)(c2ccc3occc3c2)N1. The summed E-state index contributed by atoms with van der Waals surface area (Å²) in [5, 5.41) is 14.7. The second kappa shape index (κ2) is 6.47. The number of para-hydroxylation sites is 1. The smallest absolute Gasteiger partial charge is 0.321 e. The average Bonchev–Trinajstić information content (AvgIpc) is 3.36. The van der Waals surface area contributed by atoms with E-state index in [0.29, 0.717) is 16.8 Å². The lowest BCUT2D eigenvalue weighted by Crippen LogP contribution is -2.60. The third-order valence-corrected chi connectivity index (χ3v) is 5.95. The van der Waals surface area contributed by atoms with Crippen molar-refractivity contribution in [3.8, 4) is 0 Å². The number of fused-ring (bicyclic) bond motifs is 4. The standard InChI is InChI=1S/C22H17ClN2O4/c23-11-19(26)22(13-5-6-18-12(9-13)7-8-29-18)20-15(10-17(25-22)21(27)28)14-3-1-2-4-16(14)24-20/h1-9,17,24-25H,10-11H2,(H,27,28). The van der Waals surface area contributed by atoms with Crippen molar-refractivity contribution >= 4 is 45.2 Å². The predicted octanol–water partition coefficient (Wildman–Crippen LogP) is 3.56. The van der Waals surface area contributed by atoms with E-state index in [1.807, 2.05) is 30.3 Å². The Kier molecular flexibility index (Phi) is 4.01. The van der Waals surface area contributed by atoms with Crippen LogP contribution in [-0.4, -0.2) is 33.8 Å². The molecule has 0 aliphatic carbocycles. The first kappa shape index (κ1) is 18.0. The lowest BCUT2D eigenvalue weighted by molar-refractivity contribution is -0.140. The second-order valence-corrected chi connectivity index (χ2v) is 7.51. The molecule has 1 aliphatic heterocycles. The van der Waals surface area contributed by atoms with Gasteiger partial charge in [-0.15, -0.1) is 11.6 Å². The fourth-order valence-corrected chi connectivity index (χ4v) is 4.58. The predicted molar refractivity (Wildman–Crippen MR) is 109 cm³/mol. The Bertz CT molecular complexity index is 1270. The fraction of sp³-hybridized carbons (Fsp3) is 0.182. The monoisotopic (exact) mass is 408 g/mol. The van der Waals surface area contributed by atoms with Gasteiger partial charge in [-0.1, -0.05) is 24.3 Å². The number of Topliss-reactive ketones (excluding diaryl/α,β-unsaturated/α-hetero) is 1. The number of benzene rings is 2. The second-order valence-electron chi connectivity index (χ2n) is 7.24. The van der Waals surface area contributed by atoms with E-state index in [-0.39, 0.29) is 18.1 Å². The van der Waals surface area contributed by atoms with Gasteiger partial charge in [0.2, 0.25) is 0 Å². The highest BCUT2D eigenvalue weighted by Gasteiger charge is 2.50. The largest absolute Gasteiger partial charge is 0.480 e. The summed E-state index contributed by atoms with van der Waals surface area (Å²) in [5.74, 6) is -1.60. The highest BCUT2D eigenvalue weighted by molar-refractivity contribution is 6.29. The Morgan fingerprint density at radius 3 is 2.83 bits per heavy atom. The molecule has 0 fully saturated rings. The Morgan fingerprint density at radius 2 is 2.03 bits per heavy atom. The number of carboxylic acid groups (broad SMARTS) is 1. The lowest BCUT2D eigenvalue weighted by Gasteiger charge is -2.40. The number of halogens is 1. The van der Waals surface area contributed by atoms with Crippen LogP contribution < -0.4 is 5.32 Å². The first-order valence-electron chi connectivity index (χ1n) is 9.22. The third kappa shape index (κ3) is 2.53. The van der Waals surface area contributed by atoms with Gasteiger partial charge in [0.1, 0.15) is 17.2 Å². The molecule has 0 saturated heterocycles. The van der Waals surface area contributed by atoms with Crippen molar-refractivity contribution in [2.24, 2.45) is 0 Å². The molecule has 2 atom stereocenters. The Labute approximate surface area is 170 Å². The Balaban J connectivity index is 1.86. The molecule has 3 heterocycles. The maximum absolute atomic E-state index is 13.3. The summed E-state index contributed by atoms with van der Waals surface area (Å²) < 4.78 is 5.42. The van der Waals surface area contributed by atoms with Gasteiger partial charge in [-0.3, -0.25) is 14.9 Å². The molecule has 0 radical (unpaired) electrons. The minimum Gasteiger partial charge on any atom is -0.480 e. The minimum absolute atomic E-state index is 0.264. The number of ketones is 1. The number of rotatable bonds is 4. The quantitative estimate of drug-likeness (QED) is 0.449. The van der Waals surface area contributed by atoms with Crippen LogP contribution in [0.4, 0.5) is 0 Å². The molecule has 2 aromatic carbocycles. The van der Waals surface area contributed by atoms with E-state index >= 15 is 0 Å². The topological polar surface area (TPSA) is 95.3 Å². The summed E-state index contributed by atoms with van der Waals surface area (Å²) in [6.07, 6.45) is 1.84. The molecule has 5 rings (SSSR count). The number of hydrogen-bond donors (Lipinski definition) is 3. The first-order chi connectivity index (χ1) is 14.0. The number of alkyl halides is 1. The van der Waals surface area contributed by atoms with Crippen LogP contribution in [0.1, 0.15) is 16.8 Å². The number of carbonyl (C=O) groups excluding carboxylic acids is 1. The molecule has 1 aliphatic rings. The molecule has 6 nitrogen and oxygen atoms in total. The van der Waals surface area contributed by atoms with Gasteiger partial charge in [-0.25, -0.2) is 0 Å². The summed E-state index contributed by atoms with van der Waals surface area (Å²) in [7, 11) is 0. The van der Waals surface area contributed by atoms with Crippen molar-refractivity contribution in [2.45, 2.75) is 18.0 Å². The third-order valence-electron chi connectivity index (χ3n) is 5.71. The van der Waals surface area contributed by atoms with E-state index in [0.717, 1.165) is 21.9 Å². The van der Waals surface area contributed by atoms with Crippen molar-refractivity contribution in [1.82, 2.24) is 10.3 Å². The zero-order valence-electron chi connectivity index (χ0n) is 15.2. The van der Waals surface area contributed by atoms with Gasteiger partial charge in [0.05, 0.1) is 17.8 Å². The van der Waals surface area contributed by atoms with Gasteiger partial charge >= 0.3 is 5.97 Å². The molecule has 0 spiro atoms. The summed E-state index contributed by atoms with van der Waals surface area (Å²) in [5.41, 5.74) is 2.22. The first-order valence-corrected chi connectivity index (χ1v) is 9.75. The zero-order valence-corrected chi connectivity index (χ0v) is 16.0. The number of H-pyrrole nitrogens is 1. The summed E-state index contributed by atoms with van der Waals surface area (Å²) in [4.78, 5) is 28.7. The molecular weight excluding hydrogens is 392 g/mol. The maximum atomic E-state index is 13.3. The van der Waals surface area contributed by atoms with Crippen molar-refractivity contribution < 1.29 is 19.1 Å². The number of aliphatic carboxylic acids is 1. The van der Waals surface area contributed by atoms with Crippen molar-refractivity contribution in [2.75, 3.05) is 5.88 Å². The van der Waals surface area contributed by atoms with Gasteiger partial charge in [-0.2, -0.15) is 0 Å². The number of nitrogens with one attached hydrogen (secondary N) is 2. The molecule has 0 amide bonds. The molecule has 0 saturated carbocycles. The van der Waals surface area contributed by atoms with E-state index in [4.69, 9.17) is 16.0 Å². The van der Waals surface area contributed by atoms with Gasteiger partial charge in [0, 0.05) is 22.7 Å². The molecule has 2 unspecified atom stereocenters. The van der Waals surface area contributed by atoms with Crippen LogP contribution in [0.3, 0.4) is 0 Å². The van der Waals surface area contributed by atoms with Crippen LogP contribution in [0.5, 0.6) is 0 Å². The molecule has 4 aromatic rings. The number of carboxylic acids is 1. The summed E-state index contributed by atoms with van der Waals surface area (Å²) >= 11 is 6.05. The van der Waals surface area contributed by atoms with Crippen molar-refractivity contribution in [3.05, 3.63) is 71.6 Å². The lowest BCUT2D eigenvalue weighted by atomic mass is 9.76. The molecular formula is C22H17ClN2O4. The van der Waals surface area contributed by atoms with Crippen molar-refractivity contribution in [3.63, 3.8) is 0 Å². The van der Waals surface area contributed by atoms with Crippen LogP contribution >= 0.6 is 11.6 Å².